The van der Waals surface area contributed by atoms with Gasteiger partial charge in [0.2, 0.25) is 5.91 Å². The Kier molecular flexibility index (Phi) is 3.70. The summed E-state index contributed by atoms with van der Waals surface area (Å²) in [7, 11) is 0. The first-order chi connectivity index (χ1) is 7.30. The zero-order valence-electron chi connectivity index (χ0n) is 10.2. The van der Waals surface area contributed by atoms with Crippen LogP contribution < -0.4 is 11.1 Å². The molecule has 1 amide bonds. The summed E-state index contributed by atoms with van der Waals surface area (Å²) in [6.45, 7) is 7.94. The molecule has 90 valence electrons. The number of carbonyl (C=O) groups excluding carboxylic acids is 1. The van der Waals surface area contributed by atoms with Gasteiger partial charge in [0.1, 0.15) is 11.5 Å². The number of aryl methyl sites for hydroxylation is 1. The van der Waals surface area contributed by atoms with Gasteiger partial charge in [0, 0.05) is 6.07 Å². The van der Waals surface area contributed by atoms with Gasteiger partial charge in [-0.15, -0.1) is 0 Å². The van der Waals surface area contributed by atoms with Gasteiger partial charge in [0.25, 0.3) is 0 Å². The van der Waals surface area contributed by atoms with Gasteiger partial charge in [-0.25, -0.2) is 0 Å². The third-order valence-electron chi connectivity index (χ3n) is 2.34. The molecule has 1 atom stereocenters. The summed E-state index contributed by atoms with van der Waals surface area (Å²) in [5, 5.41) is 6.51. The van der Waals surface area contributed by atoms with E-state index in [9.17, 15) is 4.79 Å². The smallest absolute Gasteiger partial charge is 0.237 e. The second-order valence-electron chi connectivity index (χ2n) is 4.99. The predicted octanol–water partition coefficient (Wildman–Crippen LogP) is 0.973. The summed E-state index contributed by atoms with van der Waals surface area (Å²) in [5.74, 6) is 0.553. The van der Waals surface area contributed by atoms with E-state index in [0.717, 1.165) is 5.76 Å². The van der Waals surface area contributed by atoms with E-state index in [2.05, 4.69) is 10.5 Å². The van der Waals surface area contributed by atoms with Crippen molar-refractivity contribution in [2.75, 3.05) is 0 Å². The third kappa shape index (κ3) is 3.34. The molecule has 3 N–H and O–H groups in total. The van der Waals surface area contributed by atoms with Gasteiger partial charge in [0.05, 0.1) is 12.6 Å². The van der Waals surface area contributed by atoms with Gasteiger partial charge in [-0.05, 0) is 12.3 Å². The zero-order valence-corrected chi connectivity index (χ0v) is 10.2. The van der Waals surface area contributed by atoms with E-state index in [0.29, 0.717) is 12.2 Å². The average molecular weight is 225 g/mol. The summed E-state index contributed by atoms with van der Waals surface area (Å²) < 4.78 is 4.89. The van der Waals surface area contributed by atoms with Crippen molar-refractivity contribution in [3.05, 3.63) is 17.5 Å². The molecule has 5 nitrogen and oxygen atoms in total. The molecule has 1 heterocycles. The first-order valence-electron chi connectivity index (χ1n) is 5.26. The van der Waals surface area contributed by atoms with Crippen LogP contribution in [0.15, 0.2) is 10.6 Å². The Bertz CT molecular complexity index is 366. The summed E-state index contributed by atoms with van der Waals surface area (Å²) >= 11 is 0. The monoisotopic (exact) mass is 225 g/mol. The molecule has 0 aliphatic carbocycles. The standard InChI is InChI=1S/C11H19N3O2/c1-7-5-8(14-16-7)6-13-10(15)9(12)11(2,3)4/h5,9H,6,12H2,1-4H3,(H,13,15)/t9-/m0/s1. The van der Waals surface area contributed by atoms with Crippen LogP contribution in [0.1, 0.15) is 32.2 Å². The highest BCUT2D eigenvalue weighted by atomic mass is 16.5. The summed E-state index contributed by atoms with van der Waals surface area (Å²) in [4.78, 5) is 11.7. The van der Waals surface area contributed by atoms with Crippen LogP contribution in [0.25, 0.3) is 0 Å². The Balaban J connectivity index is 2.47. The van der Waals surface area contributed by atoms with Gasteiger partial charge in [0.15, 0.2) is 0 Å². The van der Waals surface area contributed by atoms with Crippen LogP contribution in [0.4, 0.5) is 0 Å². The lowest BCUT2D eigenvalue weighted by Crippen LogP contribution is -2.48. The molecule has 0 unspecified atom stereocenters. The molecule has 0 aliphatic rings. The van der Waals surface area contributed by atoms with Crippen LogP contribution in [0.5, 0.6) is 0 Å². The fourth-order valence-electron chi connectivity index (χ4n) is 1.18. The summed E-state index contributed by atoms with van der Waals surface area (Å²) in [6.07, 6.45) is 0. The van der Waals surface area contributed by atoms with E-state index in [4.69, 9.17) is 10.3 Å². The number of nitrogens with one attached hydrogen (secondary N) is 1. The van der Waals surface area contributed by atoms with Crippen LogP contribution in [0.2, 0.25) is 0 Å². The van der Waals surface area contributed by atoms with Gasteiger partial charge in [-0.2, -0.15) is 0 Å². The first-order valence-corrected chi connectivity index (χ1v) is 5.26. The third-order valence-corrected chi connectivity index (χ3v) is 2.34. The van der Waals surface area contributed by atoms with E-state index >= 15 is 0 Å². The van der Waals surface area contributed by atoms with Crippen LogP contribution in [0, 0.1) is 12.3 Å². The Morgan fingerprint density at radius 2 is 2.25 bits per heavy atom. The van der Waals surface area contributed by atoms with Crippen molar-refractivity contribution in [3.8, 4) is 0 Å². The Morgan fingerprint density at radius 1 is 1.62 bits per heavy atom. The van der Waals surface area contributed by atoms with Crippen molar-refractivity contribution in [1.29, 1.82) is 0 Å². The summed E-state index contributed by atoms with van der Waals surface area (Å²) in [5.41, 5.74) is 6.26. The van der Waals surface area contributed by atoms with Crippen molar-refractivity contribution in [2.45, 2.75) is 40.3 Å². The largest absolute Gasteiger partial charge is 0.361 e. The topological polar surface area (TPSA) is 81.2 Å². The minimum atomic E-state index is -0.527. The van der Waals surface area contributed by atoms with E-state index in [1.165, 1.54) is 0 Å². The molecule has 0 radical (unpaired) electrons. The minimum absolute atomic E-state index is 0.173. The molecule has 1 aromatic heterocycles. The highest BCUT2D eigenvalue weighted by Gasteiger charge is 2.27. The van der Waals surface area contributed by atoms with E-state index < -0.39 is 6.04 Å². The van der Waals surface area contributed by atoms with Gasteiger partial charge >= 0.3 is 0 Å². The maximum absolute atomic E-state index is 11.7. The maximum atomic E-state index is 11.7. The molecule has 0 fully saturated rings. The van der Waals surface area contributed by atoms with Crippen LogP contribution in [-0.2, 0) is 11.3 Å². The van der Waals surface area contributed by atoms with Crippen molar-refractivity contribution in [1.82, 2.24) is 10.5 Å². The lowest BCUT2D eigenvalue weighted by atomic mass is 9.87. The van der Waals surface area contributed by atoms with Crippen molar-refractivity contribution >= 4 is 5.91 Å². The molecule has 0 spiro atoms. The second-order valence-corrected chi connectivity index (χ2v) is 4.99. The van der Waals surface area contributed by atoms with E-state index in [-0.39, 0.29) is 11.3 Å². The molecular weight excluding hydrogens is 206 g/mol. The fraction of sp³-hybridized carbons (Fsp3) is 0.636. The molecule has 1 rings (SSSR count). The molecule has 0 saturated heterocycles. The minimum Gasteiger partial charge on any atom is -0.361 e. The van der Waals surface area contributed by atoms with Gasteiger partial charge in [-0.1, -0.05) is 25.9 Å². The molecule has 0 saturated carbocycles. The fourth-order valence-corrected chi connectivity index (χ4v) is 1.18. The Labute approximate surface area is 95.4 Å². The van der Waals surface area contributed by atoms with Crippen LogP contribution in [0.3, 0.4) is 0 Å². The van der Waals surface area contributed by atoms with Crippen molar-refractivity contribution in [2.24, 2.45) is 11.1 Å². The first kappa shape index (κ1) is 12.7. The van der Waals surface area contributed by atoms with E-state index in [1.807, 2.05) is 20.8 Å². The normalized spacial score (nSPS) is 13.6. The van der Waals surface area contributed by atoms with Gasteiger partial charge in [-0.3, -0.25) is 4.79 Å². The zero-order chi connectivity index (χ0) is 12.3. The molecular formula is C11H19N3O2. The maximum Gasteiger partial charge on any atom is 0.237 e. The average Bonchev–Trinajstić information content (AvgIpc) is 2.58. The Morgan fingerprint density at radius 3 is 2.69 bits per heavy atom. The highest BCUT2D eigenvalue weighted by Crippen LogP contribution is 2.17. The van der Waals surface area contributed by atoms with Crippen molar-refractivity contribution < 1.29 is 9.32 Å². The van der Waals surface area contributed by atoms with Crippen LogP contribution >= 0.6 is 0 Å². The summed E-state index contributed by atoms with van der Waals surface area (Å²) in [6, 6.07) is 1.25. The number of amides is 1. The number of nitrogens with two attached hydrogens (primary N) is 1. The number of aromatic nitrogens is 1. The Hall–Kier alpha value is -1.36. The number of nitrogens with zero attached hydrogens (tertiary/aromatic N) is 1. The highest BCUT2D eigenvalue weighted by molar-refractivity contribution is 5.82. The second kappa shape index (κ2) is 4.65. The molecule has 1 aromatic rings. The van der Waals surface area contributed by atoms with Crippen LogP contribution in [-0.4, -0.2) is 17.1 Å². The van der Waals surface area contributed by atoms with E-state index in [1.54, 1.807) is 13.0 Å². The molecule has 16 heavy (non-hydrogen) atoms. The molecule has 5 heteroatoms. The molecule has 0 bridgehead atoms. The van der Waals surface area contributed by atoms with Gasteiger partial charge < -0.3 is 15.6 Å². The SMILES string of the molecule is Cc1cc(CNC(=O)[C@H](N)C(C)(C)C)no1. The number of hydrogen-bond acceptors (Lipinski definition) is 4. The van der Waals surface area contributed by atoms with Crippen molar-refractivity contribution in [3.63, 3.8) is 0 Å². The number of carbonyl (C=O) groups is 1. The quantitative estimate of drug-likeness (QED) is 0.803. The lowest BCUT2D eigenvalue weighted by molar-refractivity contribution is -0.124. The number of rotatable bonds is 3. The predicted molar refractivity (Wildman–Crippen MR) is 60.5 cm³/mol. The lowest BCUT2D eigenvalue weighted by Gasteiger charge is -2.25. The number of hydrogen-bond donors (Lipinski definition) is 2. The molecule has 0 aromatic carbocycles. The molecule has 0 aliphatic heterocycles.